The van der Waals surface area contributed by atoms with E-state index in [-0.39, 0.29) is 43.1 Å². The van der Waals surface area contributed by atoms with E-state index in [9.17, 15) is 28.4 Å². The number of carbonyl (C=O) groups excluding carboxylic acids is 5. The van der Waals surface area contributed by atoms with Crippen molar-refractivity contribution in [1.82, 2.24) is 26.2 Å². The molecule has 5 rings (SSSR count). The van der Waals surface area contributed by atoms with Crippen molar-refractivity contribution in [3.05, 3.63) is 106 Å². The summed E-state index contributed by atoms with van der Waals surface area (Å²) in [6.45, 7) is 7.15. The molecular formula is C38H45F2N5O5. The largest absolute Gasteiger partial charge is 0.354 e. The van der Waals surface area contributed by atoms with E-state index in [2.05, 4.69) is 21.3 Å². The maximum Gasteiger partial charge on any atom is 0.260 e. The van der Waals surface area contributed by atoms with Crippen molar-refractivity contribution in [2.45, 2.75) is 78.0 Å². The molecule has 0 unspecified atom stereocenters. The second kappa shape index (κ2) is 17.5. The lowest BCUT2D eigenvalue weighted by Crippen LogP contribution is -2.57. The zero-order chi connectivity index (χ0) is 36.4. The summed E-state index contributed by atoms with van der Waals surface area (Å²) in [5, 5.41) is 11.1. The Labute approximate surface area is 291 Å². The highest BCUT2D eigenvalue weighted by molar-refractivity contribution is 5.99. The highest BCUT2D eigenvalue weighted by Crippen LogP contribution is 2.21. The van der Waals surface area contributed by atoms with Gasteiger partial charge in [-0.3, -0.25) is 24.0 Å². The molecule has 12 heteroatoms. The van der Waals surface area contributed by atoms with Gasteiger partial charge in [-0.05, 0) is 73.9 Å². The second-order valence-electron chi connectivity index (χ2n) is 13.1. The van der Waals surface area contributed by atoms with Gasteiger partial charge in [-0.2, -0.15) is 0 Å². The average Bonchev–Trinajstić information content (AvgIpc) is 3.08. The number of carbonyl (C=O) groups is 5. The topological polar surface area (TPSA) is 137 Å². The third kappa shape index (κ3) is 10.2. The number of hydrogen-bond donors (Lipinski definition) is 4. The Morgan fingerprint density at radius 3 is 2.20 bits per heavy atom. The Morgan fingerprint density at radius 2 is 1.52 bits per heavy atom. The maximum atomic E-state index is 15.0. The lowest BCUT2D eigenvalue weighted by Gasteiger charge is -2.25. The number of halogens is 2. The Balaban J connectivity index is 1.65. The highest BCUT2D eigenvalue weighted by Gasteiger charge is 2.30. The zero-order valence-corrected chi connectivity index (χ0v) is 28.9. The molecule has 2 heterocycles. The van der Waals surface area contributed by atoms with E-state index >= 15 is 4.39 Å². The summed E-state index contributed by atoms with van der Waals surface area (Å²) >= 11 is 0. The first-order valence-electron chi connectivity index (χ1n) is 16.9. The van der Waals surface area contributed by atoms with Crippen molar-refractivity contribution >= 4 is 29.5 Å². The van der Waals surface area contributed by atoms with Gasteiger partial charge in [0, 0.05) is 31.6 Å². The van der Waals surface area contributed by atoms with Gasteiger partial charge < -0.3 is 26.2 Å². The number of benzene rings is 3. The number of rotatable bonds is 5. The monoisotopic (exact) mass is 689 g/mol. The average molecular weight is 690 g/mol. The van der Waals surface area contributed by atoms with Gasteiger partial charge in [0.1, 0.15) is 35.3 Å². The lowest BCUT2D eigenvalue weighted by atomic mass is 10.0. The molecule has 0 radical (unpaired) electrons. The van der Waals surface area contributed by atoms with Crippen molar-refractivity contribution in [3.63, 3.8) is 0 Å². The smallest absolute Gasteiger partial charge is 0.260 e. The molecule has 3 aromatic rings. The van der Waals surface area contributed by atoms with E-state index in [1.54, 1.807) is 24.3 Å². The van der Waals surface area contributed by atoms with Gasteiger partial charge in [0.2, 0.25) is 17.7 Å². The summed E-state index contributed by atoms with van der Waals surface area (Å²) in [4.78, 5) is 68.4. The van der Waals surface area contributed by atoms with Crippen molar-refractivity contribution in [1.29, 1.82) is 0 Å². The van der Waals surface area contributed by atoms with Crippen molar-refractivity contribution in [3.8, 4) is 0 Å². The van der Waals surface area contributed by atoms with Crippen molar-refractivity contribution in [2.24, 2.45) is 5.92 Å². The van der Waals surface area contributed by atoms with Crippen LogP contribution in [-0.2, 0) is 27.3 Å². The van der Waals surface area contributed by atoms with Gasteiger partial charge in [-0.25, -0.2) is 8.78 Å². The fourth-order valence-corrected chi connectivity index (χ4v) is 5.69. The molecule has 0 fully saturated rings. The van der Waals surface area contributed by atoms with Crippen LogP contribution in [-0.4, -0.2) is 65.7 Å². The third-order valence-corrected chi connectivity index (χ3v) is 8.53. The van der Waals surface area contributed by atoms with Crippen LogP contribution in [0.3, 0.4) is 0 Å². The Kier molecular flexibility index (Phi) is 13.2. The van der Waals surface area contributed by atoms with E-state index in [1.807, 2.05) is 44.2 Å². The summed E-state index contributed by atoms with van der Waals surface area (Å²) < 4.78 is 29.8. The van der Waals surface area contributed by atoms with Gasteiger partial charge in [-0.15, -0.1) is 0 Å². The van der Waals surface area contributed by atoms with Crippen molar-refractivity contribution < 1.29 is 32.8 Å². The van der Waals surface area contributed by atoms with Crippen LogP contribution < -0.4 is 21.3 Å². The first kappa shape index (κ1) is 37.7. The molecule has 0 saturated heterocycles. The van der Waals surface area contributed by atoms with Gasteiger partial charge in [0.15, 0.2) is 0 Å². The number of nitrogens with zero attached hydrogens (tertiary/aromatic N) is 1. The maximum absolute atomic E-state index is 15.0. The predicted octanol–water partition coefficient (Wildman–Crippen LogP) is 4.20. The minimum atomic E-state index is -1.05. The van der Waals surface area contributed by atoms with Crippen LogP contribution in [0.2, 0.25) is 0 Å². The highest BCUT2D eigenvalue weighted by atomic mass is 19.1. The molecular weight excluding hydrogens is 644 g/mol. The van der Waals surface area contributed by atoms with Crippen LogP contribution in [0.15, 0.2) is 66.7 Å². The van der Waals surface area contributed by atoms with Crippen LogP contribution in [0.25, 0.3) is 0 Å². The van der Waals surface area contributed by atoms with Gasteiger partial charge in [-0.1, -0.05) is 62.4 Å². The zero-order valence-electron chi connectivity index (χ0n) is 28.9. The number of hydrogen-bond acceptors (Lipinski definition) is 5. The van der Waals surface area contributed by atoms with Crippen LogP contribution in [0.5, 0.6) is 0 Å². The minimum absolute atomic E-state index is 0.000737. The number of nitrogens with one attached hydrogen (secondary N) is 4. The molecule has 2 aliphatic rings. The van der Waals surface area contributed by atoms with Crippen LogP contribution in [0, 0.1) is 24.5 Å². The summed E-state index contributed by atoms with van der Waals surface area (Å²) in [5.74, 6) is -4.78. The molecule has 2 bridgehead atoms. The Bertz CT molecular complexity index is 1680. The number of aryl methyl sites for hydroxylation is 1. The molecule has 2 aliphatic heterocycles. The second-order valence-corrected chi connectivity index (χ2v) is 13.1. The third-order valence-electron chi connectivity index (χ3n) is 8.53. The molecule has 50 heavy (non-hydrogen) atoms. The molecule has 0 aliphatic carbocycles. The summed E-state index contributed by atoms with van der Waals surface area (Å²) in [6, 6.07) is 14.9. The number of amides is 5. The summed E-state index contributed by atoms with van der Waals surface area (Å²) in [6.07, 6.45) is 1.27. The van der Waals surface area contributed by atoms with Gasteiger partial charge in [0.25, 0.3) is 11.8 Å². The quantitative estimate of drug-likeness (QED) is 0.298. The summed E-state index contributed by atoms with van der Waals surface area (Å²) in [7, 11) is 0. The van der Waals surface area contributed by atoms with Crippen LogP contribution in [0.4, 0.5) is 8.78 Å². The number of fused-ring (bicyclic) bond motifs is 18. The molecule has 0 saturated carbocycles. The fraction of sp³-hybridized carbons (Fsp3) is 0.395. The van der Waals surface area contributed by atoms with Gasteiger partial charge >= 0.3 is 0 Å². The van der Waals surface area contributed by atoms with E-state index < -0.39 is 64.9 Å². The standard InChI is InChI=1S/C38H45F2N5O5/c1-23(2)20-30-36(48)42-25(4)34(46)41-18-8-9-19-45(38(50)32-29(39)17-12-24(3)33(32)40)22-27-13-15-28(16-14-27)35(47)43-31(37(49)44-30)21-26-10-6-5-7-11-26/h5-7,10-17,23,25,30-31H,8-9,18-22H2,1-4H3,(H,41,46)(H,42,48)(H,43,47)(H,44,49)/t25-,30+,31-/m1/s1. The molecule has 3 aromatic carbocycles. The molecule has 4 N–H and O–H groups in total. The van der Waals surface area contributed by atoms with E-state index in [1.165, 1.54) is 24.8 Å². The summed E-state index contributed by atoms with van der Waals surface area (Å²) in [5.41, 5.74) is 1.12. The molecule has 0 aromatic heterocycles. The van der Waals surface area contributed by atoms with Crippen LogP contribution >= 0.6 is 0 Å². The SMILES string of the molecule is Cc1ccc(F)c(C(=O)N2CCCCNC(=O)[C@@H](C)NC(=O)[C@H](CC(C)C)NC(=O)[C@@H](Cc3ccccc3)NC(=O)c3ccc(cc3)C2)c1F. The molecule has 0 spiro atoms. The first-order valence-corrected chi connectivity index (χ1v) is 16.9. The van der Waals surface area contributed by atoms with Crippen molar-refractivity contribution in [2.75, 3.05) is 13.1 Å². The van der Waals surface area contributed by atoms with E-state index in [0.717, 1.165) is 11.6 Å². The minimum Gasteiger partial charge on any atom is -0.354 e. The van der Waals surface area contributed by atoms with Crippen LogP contribution in [0.1, 0.15) is 77.4 Å². The molecule has 10 nitrogen and oxygen atoms in total. The van der Waals surface area contributed by atoms with Gasteiger partial charge in [0.05, 0.1) is 0 Å². The first-order chi connectivity index (χ1) is 23.8. The Morgan fingerprint density at radius 1 is 0.840 bits per heavy atom. The Hall–Kier alpha value is -5.13. The lowest BCUT2D eigenvalue weighted by molar-refractivity contribution is -0.132. The molecule has 5 amide bonds. The van der Waals surface area contributed by atoms with E-state index in [4.69, 9.17) is 0 Å². The fourth-order valence-electron chi connectivity index (χ4n) is 5.69. The molecule has 3 atom stereocenters. The van der Waals surface area contributed by atoms with E-state index in [0.29, 0.717) is 24.8 Å². The predicted molar refractivity (Wildman–Crippen MR) is 185 cm³/mol. The normalized spacial score (nSPS) is 20.0. The molecule has 266 valence electrons.